The second-order valence-electron chi connectivity index (χ2n) is 6.83. The summed E-state index contributed by atoms with van der Waals surface area (Å²) in [4.78, 5) is 27.3. The van der Waals surface area contributed by atoms with E-state index in [9.17, 15) is 14.9 Å². The van der Waals surface area contributed by atoms with E-state index in [0.29, 0.717) is 53.3 Å². The predicted molar refractivity (Wildman–Crippen MR) is 120 cm³/mol. The number of methoxy groups -OCH3 is 1. The lowest BCUT2D eigenvalue weighted by atomic mass is 10.1. The fourth-order valence-electron chi connectivity index (χ4n) is 3.24. The summed E-state index contributed by atoms with van der Waals surface area (Å²) < 4.78 is 5.09. The highest BCUT2D eigenvalue weighted by molar-refractivity contribution is 7.80. The van der Waals surface area contributed by atoms with Crippen LogP contribution < -0.4 is 15.0 Å². The zero-order chi connectivity index (χ0) is 21.8. The van der Waals surface area contributed by atoms with Gasteiger partial charge in [0.1, 0.15) is 11.4 Å². The van der Waals surface area contributed by atoms with Crippen molar-refractivity contribution >= 4 is 46.2 Å². The molecule has 1 aliphatic rings. The Morgan fingerprint density at radius 3 is 2.50 bits per heavy atom. The number of rotatable bonds is 4. The number of benzene rings is 2. The van der Waals surface area contributed by atoms with Gasteiger partial charge in [-0.2, -0.15) is 0 Å². The molecule has 2 aromatic rings. The molecule has 0 aliphatic carbocycles. The summed E-state index contributed by atoms with van der Waals surface area (Å²) in [6.07, 6.45) is 0. The number of nitro groups is 1. The largest absolute Gasteiger partial charge is 0.496 e. The van der Waals surface area contributed by atoms with Crippen molar-refractivity contribution < 1.29 is 14.5 Å². The number of carbonyl (C=O) groups excluding carboxylic acids is 1. The van der Waals surface area contributed by atoms with Gasteiger partial charge in [0.05, 0.1) is 28.7 Å². The van der Waals surface area contributed by atoms with Crippen molar-refractivity contribution in [2.75, 3.05) is 38.2 Å². The van der Waals surface area contributed by atoms with E-state index in [1.54, 1.807) is 24.3 Å². The molecule has 158 valence electrons. The maximum Gasteiger partial charge on any atom is 0.296 e. The summed E-state index contributed by atoms with van der Waals surface area (Å²) in [6.45, 7) is 3.97. The number of nitrogens with zero attached hydrogens (tertiary/aromatic N) is 3. The molecule has 0 radical (unpaired) electrons. The third-order valence-electron chi connectivity index (χ3n) is 4.88. The highest BCUT2D eigenvalue weighted by atomic mass is 35.5. The van der Waals surface area contributed by atoms with Gasteiger partial charge in [0.15, 0.2) is 5.11 Å². The SMILES string of the molecule is COc1ccc(N2CCN(C(=S)NC(=O)c3ccc(C)cc3Cl)CC2)c([N+](=O)[O-])c1. The molecule has 1 saturated heterocycles. The minimum absolute atomic E-state index is 0.00677. The fraction of sp³-hybridized carbons (Fsp3) is 0.300. The van der Waals surface area contributed by atoms with E-state index in [1.165, 1.54) is 13.2 Å². The molecule has 1 amide bonds. The average molecular weight is 449 g/mol. The molecule has 1 heterocycles. The molecular weight excluding hydrogens is 428 g/mol. The summed E-state index contributed by atoms with van der Waals surface area (Å²) in [6, 6.07) is 10.00. The number of nitrogens with one attached hydrogen (secondary N) is 1. The highest BCUT2D eigenvalue weighted by Crippen LogP contribution is 2.32. The number of hydrogen-bond acceptors (Lipinski definition) is 6. The van der Waals surface area contributed by atoms with Crippen LogP contribution in [0.15, 0.2) is 36.4 Å². The average Bonchev–Trinajstić information content (AvgIpc) is 2.73. The lowest BCUT2D eigenvalue weighted by Gasteiger charge is -2.37. The van der Waals surface area contributed by atoms with E-state index in [4.69, 9.17) is 28.6 Å². The van der Waals surface area contributed by atoms with Gasteiger partial charge in [-0.25, -0.2) is 0 Å². The number of thiocarbonyl (C=S) groups is 1. The first kappa shape index (κ1) is 21.8. The molecule has 30 heavy (non-hydrogen) atoms. The first-order valence-electron chi connectivity index (χ1n) is 9.24. The van der Waals surface area contributed by atoms with Crippen LogP contribution in [0.3, 0.4) is 0 Å². The van der Waals surface area contributed by atoms with Gasteiger partial charge in [0.2, 0.25) is 0 Å². The van der Waals surface area contributed by atoms with Crippen LogP contribution in [0.5, 0.6) is 5.75 Å². The molecule has 3 rings (SSSR count). The van der Waals surface area contributed by atoms with E-state index >= 15 is 0 Å². The summed E-state index contributed by atoms with van der Waals surface area (Å²) >= 11 is 11.5. The number of piperazine rings is 1. The summed E-state index contributed by atoms with van der Waals surface area (Å²) in [5, 5.41) is 14.8. The number of carbonyl (C=O) groups is 1. The first-order valence-corrected chi connectivity index (χ1v) is 10.0. The quantitative estimate of drug-likeness (QED) is 0.435. The van der Waals surface area contributed by atoms with Crippen LogP contribution >= 0.6 is 23.8 Å². The van der Waals surface area contributed by atoms with Gasteiger partial charge >= 0.3 is 0 Å². The lowest BCUT2D eigenvalue weighted by molar-refractivity contribution is -0.384. The number of amides is 1. The third kappa shape index (κ3) is 4.80. The van der Waals surface area contributed by atoms with E-state index in [0.717, 1.165) is 5.56 Å². The van der Waals surface area contributed by atoms with Crippen LogP contribution in [0.4, 0.5) is 11.4 Å². The summed E-state index contributed by atoms with van der Waals surface area (Å²) in [5.74, 6) is 0.0703. The molecule has 1 N–H and O–H groups in total. The monoisotopic (exact) mass is 448 g/mol. The predicted octanol–water partition coefficient (Wildman–Crippen LogP) is 3.40. The lowest BCUT2D eigenvalue weighted by Crippen LogP contribution is -2.52. The van der Waals surface area contributed by atoms with Crippen molar-refractivity contribution in [1.29, 1.82) is 0 Å². The minimum atomic E-state index is -0.416. The molecule has 2 aromatic carbocycles. The van der Waals surface area contributed by atoms with E-state index < -0.39 is 4.92 Å². The van der Waals surface area contributed by atoms with Crippen molar-refractivity contribution in [1.82, 2.24) is 10.2 Å². The first-order chi connectivity index (χ1) is 14.3. The second-order valence-corrected chi connectivity index (χ2v) is 7.62. The Morgan fingerprint density at radius 2 is 1.90 bits per heavy atom. The van der Waals surface area contributed by atoms with Crippen LogP contribution in [0.2, 0.25) is 5.02 Å². The number of aryl methyl sites for hydroxylation is 1. The van der Waals surface area contributed by atoms with Gasteiger partial charge in [0.25, 0.3) is 11.6 Å². The Labute approximate surface area is 184 Å². The fourth-order valence-corrected chi connectivity index (χ4v) is 3.84. The molecule has 1 aliphatic heterocycles. The van der Waals surface area contributed by atoms with Crippen molar-refractivity contribution in [3.63, 3.8) is 0 Å². The van der Waals surface area contributed by atoms with E-state index in [-0.39, 0.29) is 11.6 Å². The van der Waals surface area contributed by atoms with Gasteiger partial charge in [0, 0.05) is 26.2 Å². The van der Waals surface area contributed by atoms with Gasteiger partial charge in [-0.3, -0.25) is 20.2 Å². The standard InChI is InChI=1S/C20H21ClN4O4S/c1-13-3-5-15(16(21)11-13)19(26)22-20(30)24-9-7-23(8-10-24)17-6-4-14(29-2)12-18(17)25(27)28/h3-6,11-12H,7-10H2,1-2H3,(H,22,26,30). The third-order valence-corrected chi connectivity index (χ3v) is 5.55. The van der Waals surface area contributed by atoms with Crippen LogP contribution in [-0.4, -0.2) is 54.1 Å². The Bertz CT molecular complexity index is 993. The van der Waals surface area contributed by atoms with Crippen LogP contribution in [0.1, 0.15) is 15.9 Å². The van der Waals surface area contributed by atoms with Gasteiger partial charge in [-0.15, -0.1) is 0 Å². The maximum absolute atomic E-state index is 12.5. The second kappa shape index (κ2) is 9.27. The van der Waals surface area contributed by atoms with Gasteiger partial charge in [-0.05, 0) is 49.0 Å². The molecule has 8 nitrogen and oxygen atoms in total. The molecule has 10 heteroatoms. The Kier molecular flexibility index (Phi) is 6.73. The maximum atomic E-state index is 12.5. The Morgan fingerprint density at radius 1 is 1.20 bits per heavy atom. The van der Waals surface area contributed by atoms with E-state index in [2.05, 4.69) is 5.32 Å². The number of halogens is 1. The molecule has 0 aromatic heterocycles. The molecule has 0 unspecified atom stereocenters. The molecule has 0 saturated carbocycles. The van der Waals surface area contributed by atoms with Crippen molar-refractivity contribution in [2.45, 2.75) is 6.92 Å². The number of nitro benzene ring substituents is 1. The van der Waals surface area contributed by atoms with Gasteiger partial charge < -0.3 is 14.5 Å². The smallest absolute Gasteiger partial charge is 0.296 e. The number of anilines is 1. The van der Waals surface area contributed by atoms with Crippen LogP contribution in [0.25, 0.3) is 0 Å². The summed E-state index contributed by atoms with van der Waals surface area (Å²) in [5.41, 5.74) is 1.84. The molecule has 1 fully saturated rings. The van der Waals surface area contributed by atoms with Crippen LogP contribution in [-0.2, 0) is 0 Å². The Balaban J connectivity index is 1.63. The Hall–Kier alpha value is -2.91. The summed E-state index contributed by atoms with van der Waals surface area (Å²) in [7, 11) is 1.47. The zero-order valence-electron chi connectivity index (χ0n) is 16.6. The number of hydrogen-bond donors (Lipinski definition) is 1. The van der Waals surface area contributed by atoms with Crippen molar-refractivity contribution in [3.05, 3.63) is 62.7 Å². The minimum Gasteiger partial charge on any atom is -0.496 e. The van der Waals surface area contributed by atoms with E-state index in [1.807, 2.05) is 22.8 Å². The topological polar surface area (TPSA) is 88.0 Å². The van der Waals surface area contributed by atoms with Crippen molar-refractivity contribution in [2.24, 2.45) is 0 Å². The molecule has 0 atom stereocenters. The molecule has 0 spiro atoms. The molecule has 0 bridgehead atoms. The van der Waals surface area contributed by atoms with Crippen molar-refractivity contribution in [3.8, 4) is 5.75 Å². The van der Waals surface area contributed by atoms with Crippen LogP contribution in [0, 0.1) is 17.0 Å². The zero-order valence-corrected chi connectivity index (χ0v) is 18.1. The number of ether oxygens (including phenoxy) is 1. The highest BCUT2D eigenvalue weighted by Gasteiger charge is 2.26. The molecular formula is C20H21ClN4O4S. The van der Waals surface area contributed by atoms with Gasteiger partial charge in [-0.1, -0.05) is 17.7 Å². The normalized spacial score (nSPS) is 13.7.